The van der Waals surface area contributed by atoms with Gasteiger partial charge in [-0.1, -0.05) is 11.6 Å². The van der Waals surface area contributed by atoms with E-state index in [1.807, 2.05) is 0 Å². The molecule has 0 saturated carbocycles. The standard InChI is InChI=1S/C25H30O12/c1-12(2)9-17-20(29)14(24(33)36-17)7-8-34-25-23(32)22(31)21(30)18(37-25)11-35-19(28)6-4-13-3-5-15(26)16(27)10-13/h3-7,9-10,17-18,20-23,25-27,29-32H,8,11H2,1-2H3/t17-,18-,20+,21-,22+,23-,25-/m1/s1. The molecule has 0 spiro atoms. The highest BCUT2D eigenvalue weighted by Gasteiger charge is 2.45. The van der Waals surface area contributed by atoms with E-state index >= 15 is 0 Å². The van der Waals surface area contributed by atoms with Crippen LogP contribution in [0, 0.1) is 0 Å². The molecule has 0 amide bonds. The number of phenolic OH excluding ortho intramolecular Hbond substituents is 2. The summed E-state index contributed by atoms with van der Waals surface area (Å²) in [6.07, 6.45) is -4.44. The molecule has 202 valence electrons. The Bertz CT molecular complexity index is 1070. The number of benzene rings is 1. The van der Waals surface area contributed by atoms with Gasteiger partial charge in [-0.05, 0) is 49.8 Å². The molecule has 12 nitrogen and oxygen atoms in total. The average Bonchev–Trinajstić information content (AvgIpc) is 3.10. The smallest absolute Gasteiger partial charge is 0.337 e. The van der Waals surface area contributed by atoms with Crippen LogP contribution >= 0.6 is 0 Å². The topological polar surface area (TPSA) is 192 Å². The van der Waals surface area contributed by atoms with Crippen LogP contribution in [-0.2, 0) is 28.5 Å². The number of aliphatic hydroxyl groups is 4. The first-order valence-electron chi connectivity index (χ1n) is 11.4. The van der Waals surface area contributed by atoms with E-state index in [1.165, 1.54) is 30.4 Å². The highest BCUT2D eigenvalue weighted by Crippen LogP contribution is 2.26. The van der Waals surface area contributed by atoms with E-state index < -0.39 is 61.5 Å². The number of carbonyl (C=O) groups is 2. The zero-order chi connectivity index (χ0) is 27.3. The summed E-state index contributed by atoms with van der Waals surface area (Å²) < 4.78 is 21.0. The highest BCUT2D eigenvalue weighted by molar-refractivity contribution is 5.92. The molecule has 1 aromatic carbocycles. The van der Waals surface area contributed by atoms with Crippen LogP contribution in [0.5, 0.6) is 11.5 Å². The third kappa shape index (κ3) is 7.16. The molecule has 12 heteroatoms. The summed E-state index contributed by atoms with van der Waals surface area (Å²) in [5, 5.41) is 59.7. The quantitative estimate of drug-likeness (QED) is 0.113. The summed E-state index contributed by atoms with van der Waals surface area (Å²) in [5.74, 6) is -2.23. The lowest BCUT2D eigenvalue weighted by Gasteiger charge is -2.39. The number of hydrogen-bond donors (Lipinski definition) is 6. The first kappa shape index (κ1) is 28.3. The highest BCUT2D eigenvalue weighted by atomic mass is 16.7. The van der Waals surface area contributed by atoms with E-state index in [0.717, 1.165) is 11.6 Å². The Labute approximate surface area is 212 Å². The van der Waals surface area contributed by atoms with Crippen LogP contribution in [0.25, 0.3) is 6.08 Å². The number of esters is 2. The van der Waals surface area contributed by atoms with Crippen molar-refractivity contribution in [2.24, 2.45) is 0 Å². The lowest BCUT2D eigenvalue weighted by molar-refractivity contribution is -0.299. The molecule has 6 N–H and O–H groups in total. The van der Waals surface area contributed by atoms with Gasteiger partial charge < -0.3 is 49.6 Å². The van der Waals surface area contributed by atoms with Gasteiger partial charge in [0.05, 0.1) is 12.2 Å². The van der Waals surface area contributed by atoms with Crippen molar-refractivity contribution in [1.82, 2.24) is 0 Å². The summed E-state index contributed by atoms with van der Waals surface area (Å²) in [7, 11) is 0. The zero-order valence-electron chi connectivity index (χ0n) is 20.1. The van der Waals surface area contributed by atoms with Crippen LogP contribution < -0.4 is 0 Å². The molecular weight excluding hydrogens is 492 g/mol. The van der Waals surface area contributed by atoms with Crippen molar-refractivity contribution in [3.05, 3.63) is 53.1 Å². The van der Waals surface area contributed by atoms with Gasteiger partial charge in [-0.15, -0.1) is 0 Å². The molecular formula is C25H30O12. The van der Waals surface area contributed by atoms with Gasteiger partial charge in [0.1, 0.15) is 37.1 Å². The van der Waals surface area contributed by atoms with Gasteiger partial charge >= 0.3 is 11.9 Å². The number of carbonyl (C=O) groups excluding carboxylic acids is 2. The van der Waals surface area contributed by atoms with E-state index in [1.54, 1.807) is 19.9 Å². The van der Waals surface area contributed by atoms with Crippen LogP contribution in [0.2, 0.25) is 0 Å². The van der Waals surface area contributed by atoms with Gasteiger partial charge in [0.25, 0.3) is 0 Å². The maximum Gasteiger partial charge on any atom is 0.337 e. The monoisotopic (exact) mass is 522 g/mol. The Morgan fingerprint density at radius 3 is 2.46 bits per heavy atom. The van der Waals surface area contributed by atoms with Gasteiger partial charge in [-0.3, -0.25) is 0 Å². The largest absolute Gasteiger partial charge is 0.504 e. The number of aromatic hydroxyl groups is 2. The van der Waals surface area contributed by atoms with Crippen LogP contribution in [0.4, 0.5) is 0 Å². The Kier molecular flexibility index (Phi) is 9.43. The van der Waals surface area contributed by atoms with Gasteiger partial charge in [0.15, 0.2) is 23.9 Å². The molecule has 3 rings (SSSR count). The number of aliphatic hydroxyl groups excluding tert-OH is 4. The SMILES string of the molecule is CC(C)=C[C@H]1OC(=O)C(=CCO[C@@H]2O[C@H](COC(=O)C=Cc3ccc(O)c(O)c3)[C@@H](O)[C@H](O)[C@H]2O)[C@@H]1O. The maximum atomic E-state index is 12.0. The van der Waals surface area contributed by atoms with Crippen molar-refractivity contribution in [3.8, 4) is 11.5 Å². The minimum absolute atomic E-state index is 0.0346. The minimum Gasteiger partial charge on any atom is -0.504 e. The summed E-state index contributed by atoms with van der Waals surface area (Å²) in [5.41, 5.74) is 1.22. The summed E-state index contributed by atoms with van der Waals surface area (Å²) in [6.45, 7) is 2.78. The zero-order valence-corrected chi connectivity index (χ0v) is 20.1. The van der Waals surface area contributed by atoms with E-state index in [2.05, 4.69) is 0 Å². The molecule has 0 bridgehead atoms. The fourth-order valence-corrected chi connectivity index (χ4v) is 3.66. The summed E-state index contributed by atoms with van der Waals surface area (Å²) >= 11 is 0. The van der Waals surface area contributed by atoms with Crippen LogP contribution in [-0.4, -0.2) is 98.7 Å². The Morgan fingerprint density at radius 1 is 1.05 bits per heavy atom. The molecule has 0 aliphatic carbocycles. The number of allylic oxidation sites excluding steroid dienone is 1. The second kappa shape index (κ2) is 12.3. The Morgan fingerprint density at radius 2 is 1.78 bits per heavy atom. The average molecular weight is 523 g/mol. The van der Waals surface area contributed by atoms with Crippen molar-refractivity contribution in [2.45, 2.75) is 56.8 Å². The van der Waals surface area contributed by atoms with Crippen LogP contribution in [0.3, 0.4) is 0 Å². The normalized spacial score (nSPS) is 30.9. The number of phenols is 2. The van der Waals surface area contributed by atoms with E-state index in [-0.39, 0.29) is 23.7 Å². The molecule has 0 radical (unpaired) electrons. The Hall–Kier alpha value is -3.26. The molecule has 0 aromatic heterocycles. The molecule has 2 aliphatic heterocycles. The van der Waals surface area contributed by atoms with Crippen LogP contribution in [0.1, 0.15) is 19.4 Å². The van der Waals surface area contributed by atoms with Crippen molar-refractivity contribution in [2.75, 3.05) is 13.2 Å². The third-order valence-electron chi connectivity index (χ3n) is 5.64. The predicted molar refractivity (Wildman–Crippen MR) is 126 cm³/mol. The van der Waals surface area contributed by atoms with E-state index in [9.17, 15) is 40.2 Å². The predicted octanol–water partition coefficient (Wildman–Crippen LogP) is -0.343. The molecule has 0 unspecified atom stereocenters. The first-order chi connectivity index (χ1) is 17.5. The second-order valence-electron chi connectivity index (χ2n) is 8.78. The summed E-state index contributed by atoms with van der Waals surface area (Å²) in [4.78, 5) is 24.1. The van der Waals surface area contributed by atoms with Crippen molar-refractivity contribution in [1.29, 1.82) is 0 Å². The van der Waals surface area contributed by atoms with Gasteiger partial charge in [-0.2, -0.15) is 0 Å². The molecule has 2 saturated heterocycles. The Balaban J connectivity index is 1.55. The number of ether oxygens (including phenoxy) is 4. The first-order valence-corrected chi connectivity index (χ1v) is 11.4. The second-order valence-corrected chi connectivity index (χ2v) is 8.78. The fourth-order valence-electron chi connectivity index (χ4n) is 3.66. The number of rotatable bonds is 8. The van der Waals surface area contributed by atoms with Gasteiger partial charge in [-0.25, -0.2) is 9.59 Å². The molecule has 1 aromatic rings. The minimum atomic E-state index is -1.69. The maximum absolute atomic E-state index is 12.0. The molecule has 7 atom stereocenters. The van der Waals surface area contributed by atoms with Crippen molar-refractivity contribution >= 4 is 18.0 Å². The fraction of sp³-hybridized carbons (Fsp3) is 0.440. The lowest BCUT2D eigenvalue weighted by atomic mass is 9.99. The van der Waals surface area contributed by atoms with Crippen LogP contribution in [0.15, 0.2) is 47.6 Å². The third-order valence-corrected chi connectivity index (χ3v) is 5.64. The van der Waals surface area contributed by atoms with Gasteiger partial charge in [0, 0.05) is 6.08 Å². The van der Waals surface area contributed by atoms with E-state index in [4.69, 9.17) is 18.9 Å². The van der Waals surface area contributed by atoms with Gasteiger partial charge in [0.2, 0.25) is 0 Å². The van der Waals surface area contributed by atoms with E-state index in [0.29, 0.717) is 5.56 Å². The molecule has 2 aliphatic rings. The number of cyclic esters (lactones) is 1. The summed E-state index contributed by atoms with van der Waals surface area (Å²) in [6, 6.07) is 3.93. The molecule has 2 heterocycles. The van der Waals surface area contributed by atoms with Crippen molar-refractivity contribution in [3.63, 3.8) is 0 Å². The number of hydrogen-bond acceptors (Lipinski definition) is 12. The lowest BCUT2D eigenvalue weighted by Crippen LogP contribution is -2.59. The molecule has 37 heavy (non-hydrogen) atoms. The molecule has 2 fully saturated rings. The van der Waals surface area contributed by atoms with Crippen molar-refractivity contribution < 1.29 is 59.2 Å².